The number of carbonyl (C=O) groups is 1. The summed E-state index contributed by atoms with van der Waals surface area (Å²) in [6.07, 6.45) is 11.0. The van der Waals surface area contributed by atoms with Crippen LogP contribution < -0.4 is 0 Å². The number of imidazole rings is 1. The molecular weight excluding hydrogens is 354 g/mol. The van der Waals surface area contributed by atoms with Crippen molar-refractivity contribution in [2.45, 2.75) is 51.5 Å². The number of amides is 1. The van der Waals surface area contributed by atoms with Gasteiger partial charge in [-0.05, 0) is 32.1 Å². The molecule has 1 atom stereocenters. The molecule has 0 radical (unpaired) electrons. The van der Waals surface area contributed by atoms with Gasteiger partial charge in [-0.15, -0.1) is 0 Å². The number of hydrogen-bond acceptors (Lipinski definition) is 5. The second kappa shape index (κ2) is 8.43. The van der Waals surface area contributed by atoms with E-state index in [2.05, 4.69) is 25.1 Å². The molecular formula is C20H31N7O. The standard InChI is InChI=1S/C20H31N7O/c1-15-22-19(24-23-15)17-8-9-26(13-16-6-4-3-5-7-16)10-11-27(17)20(28)18-12-21-14-25(18)2/h12,14,16-17H,3-11,13H2,1-2H3,(H,22,23,24). The van der Waals surface area contributed by atoms with Gasteiger partial charge in [-0.3, -0.25) is 9.89 Å². The Bertz CT molecular complexity index is 792. The second-order valence-electron chi connectivity index (χ2n) is 8.28. The zero-order valence-electron chi connectivity index (χ0n) is 17.0. The number of aromatic amines is 1. The van der Waals surface area contributed by atoms with Gasteiger partial charge in [-0.25, -0.2) is 9.97 Å². The third-order valence-electron chi connectivity index (χ3n) is 6.20. The molecule has 152 valence electrons. The number of nitrogens with zero attached hydrogens (tertiary/aromatic N) is 6. The van der Waals surface area contributed by atoms with Crippen LogP contribution in [0.5, 0.6) is 0 Å². The van der Waals surface area contributed by atoms with Crippen LogP contribution in [0, 0.1) is 12.8 Å². The highest BCUT2D eigenvalue weighted by atomic mass is 16.2. The van der Waals surface area contributed by atoms with Crippen LogP contribution in [0.4, 0.5) is 0 Å². The molecule has 1 amide bonds. The number of aromatic nitrogens is 5. The number of carbonyl (C=O) groups excluding carboxylic acids is 1. The molecule has 1 saturated carbocycles. The Labute approximate surface area is 166 Å². The summed E-state index contributed by atoms with van der Waals surface area (Å²) in [6.45, 7) is 5.61. The van der Waals surface area contributed by atoms with Gasteiger partial charge >= 0.3 is 0 Å². The summed E-state index contributed by atoms with van der Waals surface area (Å²) < 4.78 is 1.79. The van der Waals surface area contributed by atoms with Crippen molar-refractivity contribution in [3.05, 3.63) is 29.9 Å². The molecule has 0 spiro atoms. The van der Waals surface area contributed by atoms with Crippen molar-refractivity contribution in [2.24, 2.45) is 13.0 Å². The molecule has 2 aromatic heterocycles. The van der Waals surface area contributed by atoms with E-state index in [1.807, 2.05) is 18.9 Å². The first-order chi connectivity index (χ1) is 13.6. The molecule has 8 nitrogen and oxygen atoms in total. The van der Waals surface area contributed by atoms with Crippen LogP contribution in [-0.2, 0) is 7.05 Å². The van der Waals surface area contributed by atoms with E-state index in [9.17, 15) is 4.79 Å². The first-order valence-corrected chi connectivity index (χ1v) is 10.5. The van der Waals surface area contributed by atoms with Crippen molar-refractivity contribution in [1.29, 1.82) is 0 Å². The fraction of sp³-hybridized carbons (Fsp3) is 0.700. The van der Waals surface area contributed by atoms with Crippen LogP contribution in [0.1, 0.15) is 66.7 Å². The molecule has 8 heteroatoms. The zero-order valence-corrected chi connectivity index (χ0v) is 17.0. The van der Waals surface area contributed by atoms with E-state index in [-0.39, 0.29) is 11.9 Å². The minimum Gasteiger partial charge on any atom is -0.330 e. The Hall–Kier alpha value is -2.22. The molecule has 1 saturated heterocycles. The molecule has 1 N–H and O–H groups in total. The lowest BCUT2D eigenvalue weighted by Gasteiger charge is -2.29. The quantitative estimate of drug-likeness (QED) is 0.873. The Morgan fingerprint density at radius 1 is 1.18 bits per heavy atom. The molecule has 3 heterocycles. The third-order valence-corrected chi connectivity index (χ3v) is 6.20. The summed E-state index contributed by atoms with van der Waals surface area (Å²) in [5.41, 5.74) is 0.609. The van der Waals surface area contributed by atoms with E-state index in [4.69, 9.17) is 0 Å². The van der Waals surface area contributed by atoms with Gasteiger partial charge in [0.2, 0.25) is 0 Å². The number of aryl methyl sites for hydroxylation is 2. The minimum absolute atomic E-state index is 0.00645. The van der Waals surface area contributed by atoms with E-state index in [0.29, 0.717) is 18.1 Å². The van der Waals surface area contributed by atoms with Crippen molar-refractivity contribution in [3.8, 4) is 0 Å². The van der Waals surface area contributed by atoms with Crippen molar-refractivity contribution in [3.63, 3.8) is 0 Å². The highest BCUT2D eigenvalue weighted by Gasteiger charge is 2.33. The molecule has 1 unspecified atom stereocenters. The van der Waals surface area contributed by atoms with Crippen LogP contribution in [0.3, 0.4) is 0 Å². The summed E-state index contributed by atoms with van der Waals surface area (Å²) in [7, 11) is 1.86. The highest BCUT2D eigenvalue weighted by molar-refractivity contribution is 5.92. The Balaban J connectivity index is 1.53. The smallest absolute Gasteiger partial charge is 0.272 e. The molecule has 0 aromatic carbocycles. The number of nitrogens with one attached hydrogen (secondary N) is 1. The lowest BCUT2D eigenvalue weighted by Crippen LogP contribution is -2.39. The van der Waals surface area contributed by atoms with Crippen LogP contribution in [0.2, 0.25) is 0 Å². The van der Waals surface area contributed by atoms with E-state index in [0.717, 1.165) is 37.8 Å². The first-order valence-electron chi connectivity index (χ1n) is 10.5. The van der Waals surface area contributed by atoms with E-state index < -0.39 is 0 Å². The van der Waals surface area contributed by atoms with Gasteiger partial charge in [0, 0.05) is 33.2 Å². The Kier molecular flexibility index (Phi) is 5.75. The van der Waals surface area contributed by atoms with Crippen molar-refractivity contribution in [1.82, 2.24) is 34.5 Å². The van der Waals surface area contributed by atoms with Gasteiger partial charge in [0.25, 0.3) is 5.91 Å². The predicted octanol–water partition coefficient (Wildman–Crippen LogP) is 2.32. The largest absolute Gasteiger partial charge is 0.330 e. The molecule has 0 bridgehead atoms. The van der Waals surface area contributed by atoms with Crippen LogP contribution in [0.15, 0.2) is 12.5 Å². The fourth-order valence-electron chi connectivity index (χ4n) is 4.63. The molecule has 28 heavy (non-hydrogen) atoms. The van der Waals surface area contributed by atoms with Crippen LogP contribution in [-0.4, -0.2) is 66.6 Å². The Morgan fingerprint density at radius 3 is 2.68 bits per heavy atom. The lowest BCUT2D eigenvalue weighted by atomic mass is 9.89. The Morgan fingerprint density at radius 2 is 2.00 bits per heavy atom. The topological polar surface area (TPSA) is 82.9 Å². The van der Waals surface area contributed by atoms with Gasteiger partial charge < -0.3 is 14.4 Å². The van der Waals surface area contributed by atoms with E-state index in [1.54, 1.807) is 17.1 Å². The second-order valence-corrected chi connectivity index (χ2v) is 8.28. The van der Waals surface area contributed by atoms with Crippen molar-refractivity contribution < 1.29 is 4.79 Å². The molecule has 1 aliphatic heterocycles. The SMILES string of the molecule is Cc1nc(C2CCN(CC3CCCCC3)CCN2C(=O)c2cncn2C)n[nH]1. The average Bonchev–Trinajstić information content (AvgIpc) is 3.26. The normalized spacial score (nSPS) is 22.4. The number of H-pyrrole nitrogens is 1. The summed E-state index contributed by atoms with van der Waals surface area (Å²) in [5, 5.41) is 7.33. The molecule has 1 aliphatic carbocycles. The summed E-state index contributed by atoms with van der Waals surface area (Å²) in [5.74, 6) is 2.31. The first kappa shape index (κ1) is 19.1. The maximum atomic E-state index is 13.3. The third kappa shape index (κ3) is 4.11. The molecule has 2 aromatic rings. The monoisotopic (exact) mass is 385 g/mol. The number of hydrogen-bond donors (Lipinski definition) is 1. The highest BCUT2D eigenvalue weighted by Crippen LogP contribution is 2.29. The summed E-state index contributed by atoms with van der Waals surface area (Å²) >= 11 is 0. The number of rotatable bonds is 4. The molecule has 4 rings (SSSR count). The zero-order chi connectivity index (χ0) is 19.5. The van der Waals surface area contributed by atoms with E-state index in [1.165, 1.54) is 32.1 Å². The summed E-state index contributed by atoms with van der Waals surface area (Å²) in [4.78, 5) is 26.5. The van der Waals surface area contributed by atoms with Gasteiger partial charge in [0.05, 0.1) is 18.6 Å². The fourth-order valence-corrected chi connectivity index (χ4v) is 4.63. The average molecular weight is 386 g/mol. The van der Waals surface area contributed by atoms with Gasteiger partial charge in [-0.2, -0.15) is 5.10 Å². The van der Waals surface area contributed by atoms with Crippen LogP contribution >= 0.6 is 0 Å². The van der Waals surface area contributed by atoms with Crippen molar-refractivity contribution >= 4 is 5.91 Å². The maximum Gasteiger partial charge on any atom is 0.272 e. The van der Waals surface area contributed by atoms with Crippen molar-refractivity contribution in [2.75, 3.05) is 26.2 Å². The van der Waals surface area contributed by atoms with Gasteiger partial charge in [-0.1, -0.05) is 19.3 Å². The summed E-state index contributed by atoms with van der Waals surface area (Å²) in [6, 6.07) is -0.108. The predicted molar refractivity (Wildman–Crippen MR) is 106 cm³/mol. The van der Waals surface area contributed by atoms with E-state index >= 15 is 0 Å². The molecule has 2 aliphatic rings. The van der Waals surface area contributed by atoms with Gasteiger partial charge in [0.1, 0.15) is 11.5 Å². The van der Waals surface area contributed by atoms with Gasteiger partial charge in [0.15, 0.2) is 5.82 Å². The lowest BCUT2D eigenvalue weighted by molar-refractivity contribution is 0.0666. The molecule has 2 fully saturated rings. The minimum atomic E-state index is -0.108. The van der Waals surface area contributed by atoms with Crippen LogP contribution in [0.25, 0.3) is 0 Å². The maximum absolute atomic E-state index is 13.3.